The predicted octanol–water partition coefficient (Wildman–Crippen LogP) is 12.8. The fraction of sp³-hybridized carbons (Fsp3) is 0.179. The van der Waals surface area contributed by atoms with Crippen LogP contribution in [0.4, 0.5) is 17.1 Å². The third-order valence-electron chi connectivity index (χ3n) is 9.52. The van der Waals surface area contributed by atoms with Gasteiger partial charge in [-0.05, 0) is 119 Å². The number of halogens is 2. The molecule has 0 saturated heterocycles. The van der Waals surface area contributed by atoms with Gasteiger partial charge in [-0.15, -0.1) is 0 Å². The van der Waals surface area contributed by atoms with E-state index in [-0.39, 0.29) is 0 Å². The molecule has 0 heterocycles. The number of benzene rings is 6. The summed E-state index contributed by atoms with van der Waals surface area (Å²) in [4.78, 5) is 2.42. The van der Waals surface area contributed by atoms with Crippen LogP contribution in [0.2, 0.25) is 0 Å². The van der Waals surface area contributed by atoms with E-state index in [9.17, 15) is 0 Å². The molecular formula is C39H31Br2N. The van der Waals surface area contributed by atoms with Crippen molar-refractivity contribution in [2.45, 2.75) is 43.9 Å². The molecule has 0 spiro atoms. The second-order valence-electron chi connectivity index (χ2n) is 11.8. The predicted molar refractivity (Wildman–Crippen MR) is 186 cm³/mol. The fourth-order valence-electron chi connectivity index (χ4n) is 7.62. The van der Waals surface area contributed by atoms with E-state index in [1.54, 1.807) is 11.1 Å². The minimum Gasteiger partial charge on any atom is -0.309 e. The Bertz CT molecular complexity index is 1830. The van der Waals surface area contributed by atoms with Gasteiger partial charge in [0, 0.05) is 31.1 Å². The monoisotopic (exact) mass is 671 g/mol. The summed E-state index contributed by atoms with van der Waals surface area (Å²) < 4.78 is 2.15. The van der Waals surface area contributed by atoms with E-state index in [1.165, 1.54) is 70.5 Å². The topological polar surface area (TPSA) is 3.24 Å². The maximum Gasteiger partial charge on any atom is 0.0618 e. The second kappa shape index (κ2) is 10.7. The highest BCUT2D eigenvalue weighted by Crippen LogP contribution is 2.51. The molecule has 3 heteroatoms. The Morgan fingerprint density at radius 3 is 1.55 bits per heavy atom. The van der Waals surface area contributed by atoms with Gasteiger partial charge in [0.2, 0.25) is 0 Å². The van der Waals surface area contributed by atoms with Crippen molar-refractivity contribution in [3.8, 4) is 11.1 Å². The molecule has 42 heavy (non-hydrogen) atoms. The molecule has 0 aromatic heterocycles. The highest BCUT2D eigenvalue weighted by atomic mass is 79.9. The number of hydrogen-bond donors (Lipinski definition) is 0. The van der Waals surface area contributed by atoms with Crippen LogP contribution in [0.15, 0.2) is 124 Å². The van der Waals surface area contributed by atoms with Crippen LogP contribution < -0.4 is 4.90 Å². The molecule has 1 saturated carbocycles. The van der Waals surface area contributed by atoms with Gasteiger partial charge in [-0.1, -0.05) is 105 Å². The van der Waals surface area contributed by atoms with Crippen LogP contribution in [0, 0.1) is 0 Å². The van der Waals surface area contributed by atoms with Crippen LogP contribution in [0.5, 0.6) is 0 Å². The molecule has 6 aromatic rings. The second-order valence-corrected chi connectivity index (χ2v) is 13.7. The normalized spacial score (nSPS) is 17.8. The molecule has 9 rings (SSSR count). The lowest BCUT2D eigenvalue weighted by atomic mass is 9.77. The standard InChI is InChI=1S/C39H31Br2N/c40-28-15-19-30(20-16-28)42(31-21-17-29(41)18-22-31)39-35-10-3-1-8-33(35)38(34-9-2-4-11-36(34)39)27-14-23-32-25-6-5-7-26(13-12-25)37(32)24-27/h1-4,8-11,14-26H,5-7,12-13H2. The minimum absolute atomic E-state index is 0.709. The van der Waals surface area contributed by atoms with E-state index in [2.05, 4.69) is 152 Å². The molecule has 0 aliphatic heterocycles. The van der Waals surface area contributed by atoms with E-state index in [1.807, 2.05) is 0 Å². The van der Waals surface area contributed by atoms with Gasteiger partial charge in [0.25, 0.3) is 0 Å². The van der Waals surface area contributed by atoms with Crippen molar-refractivity contribution in [1.29, 1.82) is 0 Å². The molecule has 2 atom stereocenters. The average Bonchev–Trinajstić information content (AvgIpc) is 3.38. The van der Waals surface area contributed by atoms with E-state index in [0.29, 0.717) is 5.92 Å². The number of anilines is 3. The molecular weight excluding hydrogens is 642 g/mol. The summed E-state index contributed by atoms with van der Waals surface area (Å²) in [5.74, 6) is 1.45. The molecule has 0 N–H and O–H groups in total. The van der Waals surface area contributed by atoms with E-state index >= 15 is 0 Å². The van der Waals surface area contributed by atoms with Gasteiger partial charge in [-0.3, -0.25) is 0 Å². The fourth-order valence-corrected chi connectivity index (χ4v) is 8.15. The highest BCUT2D eigenvalue weighted by molar-refractivity contribution is 9.10. The van der Waals surface area contributed by atoms with Gasteiger partial charge in [-0.25, -0.2) is 0 Å². The van der Waals surface area contributed by atoms with Crippen molar-refractivity contribution in [2.75, 3.05) is 4.90 Å². The lowest BCUT2D eigenvalue weighted by Gasteiger charge is -2.30. The summed E-state index contributed by atoms with van der Waals surface area (Å²) in [6.45, 7) is 0. The third kappa shape index (κ3) is 4.41. The van der Waals surface area contributed by atoms with Crippen LogP contribution in [0.25, 0.3) is 32.7 Å². The van der Waals surface area contributed by atoms with Crippen molar-refractivity contribution in [2.24, 2.45) is 0 Å². The van der Waals surface area contributed by atoms with Crippen LogP contribution in [-0.2, 0) is 0 Å². The molecule has 0 amide bonds. The first-order chi connectivity index (χ1) is 20.7. The van der Waals surface area contributed by atoms with Crippen molar-refractivity contribution in [3.63, 3.8) is 0 Å². The molecule has 1 nitrogen and oxygen atoms in total. The maximum absolute atomic E-state index is 3.65. The Morgan fingerprint density at radius 2 is 1.00 bits per heavy atom. The number of hydrogen-bond acceptors (Lipinski definition) is 1. The molecule has 6 aromatic carbocycles. The van der Waals surface area contributed by atoms with Crippen LogP contribution >= 0.6 is 31.9 Å². The van der Waals surface area contributed by atoms with Gasteiger partial charge in [0.15, 0.2) is 0 Å². The lowest BCUT2D eigenvalue weighted by Crippen LogP contribution is -2.12. The quantitative estimate of drug-likeness (QED) is 0.168. The summed E-state index contributed by atoms with van der Waals surface area (Å²) in [5, 5.41) is 5.11. The average molecular weight is 673 g/mol. The summed E-state index contributed by atoms with van der Waals surface area (Å²) in [6, 6.07) is 42.8. The maximum atomic E-state index is 3.65. The van der Waals surface area contributed by atoms with E-state index < -0.39 is 0 Å². The molecule has 2 unspecified atom stereocenters. The number of rotatable bonds is 4. The van der Waals surface area contributed by atoms with Crippen LogP contribution in [-0.4, -0.2) is 0 Å². The first-order valence-electron chi connectivity index (χ1n) is 15.0. The summed E-state index contributed by atoms with van der Waals surface area (Å²) in [6.07, 6.45) is 6.76. The zero-order valence-corrected chi connectivity index (χ0v) is 26.5. The smallest absolute Gasteiger partial charge is 0.0618 e. The van der Waals surface area contributed by atoms with Crippen molar-refractivity contribution < 1.29 is 0 Å². The molecule has 3 aliphatic rings. The number of fused-ring (bicyclic) bond motifs is 5. The molecule has 0 radical (unpaired) electrons. The molecule has 3 aliphatic carbocycles. The van der Waals surface area contributed by atoms with Gasteiger partial charge in [0.1, 0.15) is 0 Å². The van der Waals surface area contributed by atoms with Crippen LogP contribution in [0.1, 0.15) is 55.1 Å². The van der Waals surface area contributed by atoms with Gasteiger partial charge < -0.3 is 4.90 Å². The Kier molecular flexibility index (Phi) is 6.69. The van der Waals surface area contributed by atoms with Crippen molar-refractivity contribution >= 4 is 70.5 Å². The minimum atomic E-state index is 0.709. The Morgan fingerprint density at radius 1 is 0.500 bits per heavy atom. The molecule has 2 bridgehead atoms. The lowest BCUT2D eigenvalue weighted by molar-refractivity contribution is 0.527. The van der Waals surface area contributed by atoms with Gasteiger partial charge in [-0.2, -0.15) is 0 Å². The van der Waals surface area contributed by atoms with Crippen LogP contribution in [0.3, 0.4) is 0 Å². The number of nitrogens with zero attached hydrogens (tertiary/aromatic N) is 1. The van der Waals surface area contributed by atoms with Crippen molar-refractivity contribution in [3.05, 3.63) is 135 Å². The summed E-state index contributed by atoms with van der Waals surface area (Å²) in [5.41, 5.74) is 9.40. The summed E-state index contributed by atoms with van der Waals surface area (Å²) in [7, 11) is 0. The SMILES string of the molecule is Brc1ccc(N(c2ccc(Br)cc2)c2c3ccccc3c(-c3ccc4c(c3)C3CCCC4CC3)c3ccccc23)cc1. The largest absolute Gasteiger partial charge is 0.309 e. The Hall–Kier alpha value is -3.40. The van der Waals surface area contributed by atoms with E-state index in [4.69, 9.17) is 0 Å². The zero-order chi connectivity index (χ0) is 28.2. The molecule has 1 fully saturated rings. The first kappa shape index (κ1) is 26.2. The molecule has 206 valence electrons. The Balaban J connectivity index is 1.43. The first-order valence-corrected chi connectivity index (χ1v) is 16.6. The van der Waals surface area contributed by atoms with Gasteiger partial charge >= 0.3 is 0 Å². The highest BCUT2D eigenvalue weighted by Gasteiger charge is 2.31. The van der Waals surface area contributed by atoms with Crippen molar-refractivity contribution in [1.82, 2.24) is 0 Å². The van der Waals surface area contributed by atoms with Gasteiger partial charge in [0.05, 0.1) is 5.69 Å². The third-order valence-corrected chi connectivity index (χ3v) is 10.6. The Labute approximate surface area is 264 Å². The zero-order valence-electron chi connectivity index (χ0n) is 23.4. The summed E-state index contributed by atoms with van der Waals surface area (Å²) >= 11 is 7.30. The van der Waals surface area contributed by atoms with E-state index in [0.717, 1.165) is 26.2 Å².